The molecule has 0 saturated carbocycles. The Bertz CT molecular complexity index is 1290. The van der Waals surface area contributed by atoms with Gasteiger partial charge in [0.1, 0.15) is 23.2 Å². The number of nitrogens with zero attached hydrogens (tertiary/aromatic N) is 1. The SMILES string of the molecule is Fc1ccc(C2=CC(c3ccc(OCc4csc(-c5ccccc5)n4)cc3)NC(=S)N2)cc1. The van der Waals surface area contributed by atoms with Gasteiger partial charge in [0.05, 0.1) is 11.7 Å². The lowest BCUT2D eigenvalue weighted by Gasteiger charge is -2.26. The average molecular weight is 474 g/mol. The van der Waals surface area contributed by atoms with Crippen molar-refractivity contribution in [3.05, 3.63) is 113 Å². The Morgan fingerprint density at radius 2 is 1.70 bits per heavy atom. The maximum absolute atomic E-state index is 13.3. The van der Waals surface area contributed by atoms with E-state index in [0.717, 1.165) is 38.8 Å². The van der Waals surface area contributed by atoms with Crippen molar-refractivity contribution in [1.82, 2.24) is 15.6 Å². The molecule has 1 unspecified atom stereocenters. The van der Waals surface area contributed by atoms with E-state index in [1.54, 1.807) is 23.5 Å². The molecule has 0 fully saturated rings. The van der Waals surface area contributed by atoms with E-state index in [0.29, 0.717) is 11.7 Å². The number of thiocarbonyl (C=S) groups is 1. The lowest BCUT2D eigenvalue weighted by atomic mass is 10.0. The summed E-state index contributed by atoms with van der Waals surface area (Å²) in [5, 5.41) is 9.94. The molecule has 0 amide bonds. The highest BCUT2D eigenvalue weighted by molar-refractivity contribution is 7.80. The van der Waals surface area contributed by atoms with Crippen LogP contribution in [0.1, 0.15) is 22.9 Å². The summed E-state index contributed by atoms with van der Waals surface area (Å²) in [6.07, 6.45) is 2.04. The van der Waals surface area contributed by atoms with E-state index in [2.05, 4.69) is 27.8 Å². The first-order chi connectivity index (χ1) is 16.1. The van der Waals surface area contributed by atoms with E-state index in [1.165, 1.54) is 12.1 Å². The van der Waals surface area contributed by atoms with Crippen LogP contribution in [0, 0.1) is 5.82 Å². The van der Waals surface area contributed by atoms with E-state index in [-0.39, 0.29) is 11.9 Å². The normalized spacial score (nSPS) is 15.4. The van der Waals surface area contributed by atoms with E-state index < -0.39 is 0 Å². The van der Waals surface area contributed by atoms with Gasteiger partial charge in [-0.1, -0.05) is 42.5 Å². The molecule has 2 N–H and O–H groups in total. The summed E-state index contributed by atoms with van der Waals surface area (Å²) in [5.41, 5.74) is 4.79. The lowest BCUT2D eigenvalue weighted by Crippen LogP contribution is -2.40. The van der Waals surface area contributed by atoms with Crippen molar-refractivity contribution in [2.24, 2.45) is 0 Å². The van der Waals surface area contributed by atoms with Gasteiger partial charge in [0.25, 0.3) is 0 Å². The Hall–Kier alpha value is -3.55. The molecular weight excluding hydrogens is 453 g/mol. The molecule has 2 heterocycles. The molecule has 0 bridgehead atoms. The highest BCUT2D eigenvalue weighted by atomic mass is 32.1. The summed E-state index contributed by atoms with van der Waals surface area (Å²) in [6, 6.07) is 24.3. The van der Waals surface area contributed by atoms with Crippen LogP contribution in [-0.4, -0.2) is 10.1 Å². The van der Waals surface area contributed by atoms with E-state index >= 15 is 0 Å². The third-order valence-electron chi connectivity index (χ3n) is 5.22. The van der Waals surface area contributed by atoms with Gasteiger partial charge in [0, 0.05) is 16.6 Å². The fraction of sp³-hybridized carbons (Fsp3) is 0.0769. The zero-order valence-corrected chi connectivity index (χ0v) is 19.1. The second-order valence-electron chi connectivity index (χ2n) is 7.53. The van der Waals surface area contributed by atoms with E-state index in [1.807, 2.05) is 53.9 Å². The van der Waals surface area contributed by atoms with Gasteiger partial charge in [-0.15, -0.1) is 11.3 Å². The van der Waals surface area contributed by atoms with Gasteiger partial charge in [-0.05, 0) is 65.8 Å². The molecule has 0 saturated heterocycles. The van der Waals surface area contributed by atoms with Gasteiger partial charge < -0.3 is 15.4 Å². The summed E-state index contributed by atoms with van der Waals surface area (Å²) in [6.45, 7) is 0.410. The first kappa shape index (κ1) is 21.3. The van der Waals surface area contributed by atoms with Crippen molar-refractivity contribution in [1.29, 1.82) is 0 Å². The Balaban J connectivity index is 1.25. The maximum Gasteiger partial charge on any atom is 0.171 e. The first-order valence-corrected chi connectivity index (χ1v) is 11.7. The molecule has 0 radical (unpaired) electrons. The van der Waals surface area contributed by atoms with Gasteiger partial charge in [-0.3, -0.25) is 0 Å². The van der Waals surface area contributed by atoms with Crippen LogP contribution in [-0.2, 0) is 6.61 Å². The Morgan fingerprint density at radius 3 is 2.45 bits per heavy atom. The van der Waals surface area contributed by atoms with Crippen molar-refractivity contribution < 1.29 is 9.13 Å². The molecule has 7 heteroatoms. The predicted octanol–water partition coefficient (Wildman–Crippen LogP) is 6.09. The summed E-state index contributed by atoms with van der Waals surface area (Å²) < 4.78 is 19.2. The van der Waals surface area contributed by atoms with Crippen molar-refractivity contribution in [2.75, 3.05) is 0 Å². The predicted molar refractivity (Wildman–Crippen MR) is 134 cm³/mol. The number of halogens is 1. The quantitative estimate of drug-likeness (QED) is 0.332. The minimum Gasteiger partial charge on any atom is -0.487 e. The van der Waals surface area contributed by atoms with E-state index in [9.17, 15) is 4.39 Å². The van der Waals surface area contributed by atoms with Crippen molar-refractivity contribution in [2.45, 2.75) is 12.6 Å². The molecule has 1 atom stereocenters. The number of nitrogens with one attached hydrogen (secondary N) is 2. The molecule has 5 rings (SSSR count). The molecule has 1 aliphatic rings. The first-order valence-electron chi connectivity index (χ1n) is 10.4. The monoisotopic (exact) mass is 473 g/mol. The lowest BCUT2D eigenvalue weighted by molar-refractivity contribution is 0.302. The Morgan fingerprint density at radius 1 is 0.939 bits per heavy atom. The molecule has 4 nitrogen and oxygen atoms in total. The molecule has 3 aromatic carbocycles. The number of hydrogen-bond donors (Lipinski definition) is 2. The van der Waals surface area contributed by atoms with E-state index in [4.69, 9.17) is 17.0 Å². The van der Waals surface area contributed by atoms with Gasteiger partial charge >= 0.3 is 0 Å². The van der Waals surface area contributed by atoms with Gasteiger partial charge in [0.15, 0.2) is 5.11 Å². The highest BCUT2D eigenvalue weighted by Crippen LogP contribution is 2.27. The summed E-state index contributed by atoms with van der Waals surface area (Å²) >= 11 is 6.99. The van der Waals surface area contributed by atoms with Crippen LogP contribution in [0.2, 0.25) is 0 Å². The second-order valence-corrected chi connectivity index (χ2v) is 8.80. The topological polar surface area (TPSA) is 46.2 Å². The van der Waals surface area contributed by atoms with Crippen LogP contribution >= 0.6 is 23.6 Å². The number of rotatable bonds is 6. The number of ether oxygens (including phenoxy) is 1. The fourth-order valence-electron chi connectivity index (χ4n) is 3.54. The third kappa shape index (κ3) is 5.10. The Kier molecular flexibility index (Phi) is 6.15. The molecule has 1 aromatic heterocycles. The van der Waals surface area contributed by atoms with Crippen LogP contribution in [0.4, 0.5) is 4.39 Å². The summed E-state index contributed by atoms with van der Waals surface area (Å²) in [4.78, 5) is 4.67. The second kappa shape index (κ2) is 9.52. The van der Waals surface area contributed by atoms with Crippen LogP contribution in [0.15, 0.2) is 90.3 Å². The number of thiazole rings is 1. The molecule has 1 aliphatic heterocycles. The minimum absolute atomic E-state index is 0.0974. The molecule has 0 spiro atoms. The van der Waals surface area contributed by atoms with Gasteiger partial charge in [-0.2, -0.15) is 0 Å². The number of benzene rings is 3. The van der Waals surface area contributed by atoms with Crippen LogP contribution in [0.25, 0.3) is 16.3 Å². The average Bonchev–Trinajstić information content (AvgIpc) is 3.33. The zero-order chi connectivity index (χ0) is 22.6. The largest absolute Gasteiger partial charge is 0.487 e. The van der Waals surface area contributed by atoms with Crippen molar-refractivity contribution in [3.8, 4) is 16.3 Å². The van der Waals surface area contributed by atoms with Gasteiger partial charge in [0.2, 0.25) is 0 Å². The maximum atomic E-state index is 13.3. The molecule has 33 heavy (non-hydrogen) atoms. The van der Waals surface area contributed by atoms with Crippen molar-refractivity contribution >= 4 is 34.4 Å². The fourth-order valence-corrected chi connectivity index (χ4v) is 4.59. The molecule has 0 aliphatic carbocycles. The van der Waals surface area contributed by atoms with Gasteiger partial charge in [-0.25, -0.2) is 9.37 Å². The molecule has 4 aromatic rings. The summed E-state index contributed by atoms with van der Waals surface area (Å²) in [7, 11) is 0. The Labute approximate surface area is 200 Å². The number of hydrogen-bond acceptors (Lipinski definition) is 4. The third-order valence-corrected chi connectivity index (χ3v) is 6.38. The summed E-state index contributed by atoms with van der Waals surface area (Å²) in [5.74, 6) is 0.504. The zero-order valence-electron chi connectivity index (χ0n) is 17.5. The standard InChI is InChI=1S/C26H20FN3OS2/c27-20-10-6-17(7-11-20)23-14-24(30-26(32)29-23)18-8-12-22(13-9-18)31-15-21-16-33-25(28-21)19-4-2-1-3-5-19/h1-14,16,24H,15H2,(H2,29,30,32). The smallest absolute Gasteiger partial charge is 0.171 e. The highest BCUT2D eigenvalue weighted by Gasteiger charge is 2.18. The number of aromatic nitrogens is 1. The van der Waals surface area contributed by atoms with Crippen molar-refractivity contribution in [3.63, 3.8) is 0 Å². The van der Waals surface area contributed by atoms with Crippen LogP contribution in [0.3, 0.4) is 0 Å². The minimum atomic E-state index is -0.267. The van der Waals surface area contributed by atoms with Crippen LogP contribution in [0.5, 0.6) is 5.75 Å². The van der Waals surface area contributed by atoms with Crippen LogP contribution < -0.4 is 15.4 Å². The molecular formula is C26H20FN3OS2. The molecule has 164 valence electrons.